The minimum absolute atomic E-state index is 0.0809. The minimum Gasteiger partial charge on any atom is -0.347 e. The van der Waals surface area contributed by atoms with Crippen LogP contribution in [0.2, 0.25) is 0 Å². The molecule has 5 heteroatoms. The van der Waals surface area contributed by atoms with Crippen LogP contribution >= 0.6 is 0 Å². The lowest BCUT2D eigenvalue weighted by atomic mass is 10.0. The molecule has 1 aliphatic heterocycles. The van der Waals surface area contributed by atoms with E-state index in [1.807, 2.05) is 10.7 Å². The van der Waals surface area contributed by atoms with E-state index in [9.17, 15) is 4.79 Å². The van der Waals surface area contributed by atoms with Crippen molar-refractivity contribution in [3.63, 3.8) is 0 Å². The molecule has 1 aliphatic carbocycles. The first-order valence-corrected chi connectivity index (χ1v) is 11.1. The molecule has 0 bridgehead atoms. The molecule has 1 N–H and O–H groups in total. The fourth-order valence-corrected chi connectivity index (χ4v) is 4.22. The Kier molecular flexibility index (Phi) is 5.77. The molecule has 0 spiro atoms. The van der Waals surface area contributed by atoms with Crippen LogP contribution in [0.5, 0.6) is 0 Å². The standard InChI is InChI=1S/C24H34N4O/c1-24(2,3)28-22(18-11-12-18)15-21(26-28)23(29)25-16-19-9-5-6-10-20(19)17-27-13-7-4-8-14-27/h5-6,9-10,15,18H,4,7-8,11-14,16-17H2,1-3H3,(H,25,29). The van der Waals surface area contributed by atoms with Gasteiger partial charge in [0.2, 0.25) is 0 Å². The van der Waals surface area contributed by atoms with Gasteiger partial charge in [-0.1, -0.05) is 30.7 Å². The number of carbonyl (C=O) groups excluding carboxylic acids is 1. The molecule has 29 heavy (non-hydrogen) atoms. The van der Waals surface area contributed by atoms with E-state index in [4.69, 9.17) is 0 Å². The van der Waals surface area contributed by atoms with Gasteiger partial charge in [0, 0.05) is 24.7 Å². The number of benzene rings is 1. The average molecular weight is 395 g/mol. The summed E-state index contributed by atoms with van der Waals surface area (Å²) in [6.45, 7) is 10.3. The number of hydrogen-bond acceptors (Lipinski definition) is 3. The van der Waals surface area contributed by atoms with Crippen molar-refractivity contribution in [2.45, 2.75) is 77.4 Å². The summed E-state index contributed by atoms with van der Waals surface area (Å²) in [5, 5.41) is 7.78. The first-order chi connectivity index (χ1) is 13.9. The van der Waals surface area contributed by atoms with E-state index in [-0.39, 0.29) is 11.4 Å². The van der Waals surface area contributed by atoms with Crippen molar-refractivity contribution in [2.75, 3.05) is 13.1 Å². The number of carbonyl (C=O) groups is 1. The maximum Gasteiger partial charge on any atom is 0.272 e. The van der Waals surface area contributed by atoms with Crippen molar-refractivity contribution in [3.8, 4) is 0 Å². The first kappa shape index (κ1) is 20.1. The molecule has 1 aromatic heterocycles. The number of amides is 1. The predicted octanol–water partition coefficient (Wildman–Crippen LogP) is 4.43. The van der Waals surface area contributed by atoms with Crippen molar-refractivity contribution in [1.29, 1.82) is 0 Å². The number of nitrogens with one attached hydrogen (secondary N) is 1. The van der Waals surface area contributed by atoms with E-state index in [2.05, 4.69) is 60.4 Å². The van der Waals surface area contributed by atoms with Gasteiger partial charge in [-0.05, 0) is 76.7 Å². The summed E-state index contributed by atoms with van der Waals surface area (Å²) < 4.78 is 2.05. The van der Waals surface area contributed by atoms with Crippen LogP contribution in [0, 0.1) is 0 Å². The molecule has 0 unspecified atom stereocenters. The highest BCUT2D eigenvalue weighted by Crippen LogP contribution is 2.41. The summed E-state index contributed by atoms with van der Waals surface area (Å²) in [5.41, 5.74) is 4.14. The second kappa shape index (κ2) is 8.31. The predicted molar refractivity (Wildman–Crippen MR) is 116 cm³/mol. The highest BCUT2D eigenvalue weighted by Gasteiger charge is 2.32. The molecular weight excluding hydrogens is 360 g/mol. The van der Waals surface area contributed by atoms with Gasteiger partial charge >= 0.3 is 0 Å². The summed E-state index contributed by atoms with van der Waals surface area (Å²) in [6, 6.07) is 10.5. The average Bonchev–Trinajstić information content (AvgIpc) is 3.44. The molecule has 2 aliphatic rings. The monoisotopic (exact) mass is 394 g/mol. The summed E-state index contributed by atoms with van der Waals surface area (Å²) in [7, 11) is 0. The van der Waals surface area contributed by atoms with E-state index in [1.54, 1.807) is 0 Å². The lowest BCUT2D eigenvalue weighted by Gasteiger charge is -2.27. The van der Waals surface area contributed by atoms with Crippen LogP contribution in [-0.4, -0.2) is 33.7 Å². The number of likely N-dealkylation sites (tertiary alicyclic amines) is 1. The molecule has 4 rings (SSSR count). The van der Waals surface area contributed by atoms with E-state index in [0.29, 0.717) is 18.2 Å². The van der Waals surface area contributed by atoms with E-state index >= 15 is 0 Å². The number of rotatable bonds is 6. The van der Waals surface area contributed by atoms with Gasteiger partial charge in [0.15, 0.2) is 0 Å². The van der Waals surface area contributed by atoms with Crippen molar-refractivity contribution in [1.82, 2.24) is 20.0 Å². The quantitative estimate of drug-likeness (QED) is 0.788. The van der Waals surface area contributed by atoms with Gasteiger partial charge in [-0.2, -0.15) is 5.10 Å². The summed E-state index contributed by atoms with van der Waals surface area (Å²) in [5.74, 6) is 0.483. The molecule has 1 aromatic carbocycles. The second-order valence-corrected chi connectivity index (χ2v) is 9.60. The third kappa shape index (κ3) is 4.89. The largest absolute Gasteiger partial charge is 0.347 e. The SMILES string of the molecule is CC(C)(C)n1nc(C(=O)NCc2ccccc2CN2CCCCC2)cc1C1CC1. The van der Waals surface area contributed by atoms with Gasteiger partial charge < -0.3 is 5.32 Å². The zero-order valence-corrected chi connectivity index (χ0v) is 18.1. The zero-order valence-electron chi connectivity index (χ0n) is 18.1. The maximum atomic E-state index is 12.9. The smallest absolute Gasteiger partial charge is 0.272 e. The maximum absolute atomic E-state index is 12.9. The lowest BCUT2D eigenvalue weighted by molar-refractivity contribution is 0.0944. The number of aromatic nitrogens is 2. The van der Waals surface area contributed by atoms with Gasteiger partial charge in [0.1, 0.15) is 5.69 Å². The van der Waals surface area contributed by atoms with Crippen LogP contribution < -0.4 is 5.32 Å². The Morgan fingerprint density at radius 1 is 1.10 bits per heavy atom. The van der Waals surface area contributed by atoms with Gasteiger partial charge in [0.05, 0.1) is 5.54 Å². The fraction of sp³-hybridized carbons (Fsp3) is 0.583. The van der Waals surface area contributed by atoms with E-state index in [0.717, 1.165) is 6.54 Å². The molecule has 156 valence electrons. The van der Waals surface area contributed by atoms with Crippen LogP contribution in [0.4, 0.5) is 0 Å². The molecule has 1 amide bonds. The summed E-state index contributed by atoms with van der Waals surface area (Å²) >= 11 is 0. The van der Waals surface area contributed by atoms with Gasteiger partial charge in [0.25, 0.3) is 5.91 Å². The Morgan fingerprint density at radius 2 is 1.79 bits per heavy atom. The first-order valence-electron chi connectivity index (χ1n) is 11.1. The van der Waals surface area contributed by atoms with Crippen molar-refractivity contribution < 1.29 is 4.79 Å². The molecule has 2 heterocycles. The Balaban J connectivity index is 1.44. The van der Waals surface area contributed by atoms with Gasteiger partial charge in [-0.25, -0.2) is 0 Å². The van der Waals surface area contributed by atoms with Crippen molar-refractivity contribution in [2.24, 2.45) is 0 Å². The second-order valence-electron chi connectivity index (χ2n) is 9.60. The van der Waals surface area contributed by atoms with Gasteiger partial charge in [-0.3, -0.25) is 14.4 Å². The Morgan fingerprint density at radius 3 is 2.45 bits per heavy atom. The Bertz CT molecular complexity index is 854. The van der Waals surface area contributed by atoms with Crippen LogP contribution in [0.25, 0.3) is 0 Å². The van der Waals surface area contributed by atoms with Crippen molar-refractivity contribution >= 4 is 5.91 Å². The van der Waals surface area contributed by atoms with Crippen LogP contribution in [0.15, 0.2) is 30.3 Å². The van der Waals surface area contributed by atoms with Crippen LogP contribution in [0.1, 0.15) is 86.1 Å². The third-order valence-corrected chi connectivity index (χ3v) is 6.00. The Hall–Kier alpha value is -2.14. The zero-order chi connectivity index (χ0) is 20.4. The van der Waals surface area contributed by atoms with E-state index < -0.39 is 0 Å². The molecule has 2 fully saturated rings. The molecule has 1 saturated heterocycles. The molecule has 2 aromatic rings. The van der Waals surface area contributed by atoms with Crippen LogP contribution in [0.3, 0.4) is 0 Å². The number of hydrogen-bond donors (Lipinski definition) is 1. The van der Waals surface area contributed by atoms with Crippen LogP contribution in [-0.2, 0) is 18.6 Å². The summed E-state index contributed by atoms with van der Waals surface area (Å²) in [4.78, 5) is 15.4. The molecule has 1 saturated carbocycles. The number of piperidine rings is 1. The number of nitrogens with zero attached hydrogens (tertiary/aromatic N) is 3. The lowest BCUT2D eigenvalue weighted by Crippen LogP contribution is -2.30. The topological polar surface area (TPSA) is 50.2 Å². The fourth-order valence-electron chi connectivity index (χ4n) is 4.22. The third-order valence-electron chi connectivity index (χ3n) is 6.00. The molecular formula is C24H34N4O. The Labute approximate surface area is 174 Å². The molecule has 0 radical (unpaired) electrons. The normalized spacial score (nSPS) is 18.0. The minimum atomic E-state index is -0.114. The van der Waals surface area contributed by atoms with Gasteiger partial charge in [-0.15, -0.1) is 0 Å². The highest BCUT2D eigenvalue weighted by molar-refractivity contribution is 5.92. The summed E-state index contributed by atoms with van der Waals surface area (Å²) in [6.07, 6.45) is 6.33. The highest BCUT2D eigenvalue weighted by atomic mass is 16.1. The van der Waals surface area contributed by atoms with E-state index in [1.165, 1.54) is 62.0 Å². The van der Waals surface area contributed by atoms with Crippen molar-refractivity contribution in [3.05, 3.63) is 52.8 Å². The molecule has 0 atom stereocenters. The molecule has 5 nitrogen and oxygen atoms in total.